The molecule has 1 aromatic heterocycles. The van der Waals surface area contributed by atoms with Gasteiger partial charge in [-0.15, -0.1) is 0 Å². The standard InChI is InChI=1S/C19H16Cl2N4O/c20-14-7-5-13(6-8-14)12-24-17-4-2-1-3-15(17)16(18(24)21)11-23-25-10-9-22-19(25)26/h1-8,11H,9-10,12H2,(H,22,26)/b23-11+. The third-order valence-electron chi connectivity index (χ3n) is 4.36. The van der Waals surface area contributed by atoms with Gasteiger partial charge in [-0.3, -0.25) is 0 Å². The van der Waals surface area contributed by atoms with Gasteiger partial charge in [-0.25, -0.2) is 9.80 Å². The van der Waals surface area contributed by atoms with Crippen LogP contribution in [0.2, 0.25) is 10.2 Å². The molecule has 0 atom stereocenters. The van der Waals surface area contributed by atoms with Gasteiger partial charge in [0.1, 0.15) is 5.15 Å². The van der Waals surface area contributed by atoms with Crippen molar-refractivity contribution in [2.45, 2.75) is 6.54 Å². The van der Waals surface area contributed by atoms with Gasteiger partial charge in [0.25, 0.3) is 0 Å². The zero-order valence-electron chi connectivity index (χ0n) is 13.8. The van der Waals surface area contributed by atoms with Gasteiger partial charge in [0, 0.05) is 29.1 Å². The molecular weight excluding hydrogens is 371 g/mol. The number of halogens is 2. The first-order valence-corrected chi connectivity index (χ1v) is 8.99. The van der Waals surface area contributed by atoms with Crippen molar-refractivity contribution in [2.24, 2.45) is 5.10 Å². The van der Waals surface area contributed by atoms with Crippen molar-refractivity contribution in [3.8, 4) is 0 Å². The number of amides is 2. The van der Waals surface area contributed by atoms with Crippen LogP contribution < -0.4 is 5.32 Å². The summed E-state index contributed by atoms with van der Waals surface area (Å²) in [4.78, 5) is 11.7. The van der Waals surface area contributed by atoms with E-state index < -0.39 is 0 Å². The molecule has 132 valence electrons. The summed E-state index contributed by atoms with van der Waals surface area (Å²) in [5, 5.41) is 10.7. The smallest absolute Gasteiger partial charge is 0.335 e. The van der Waals surface area contributed by atoms with Crippen molar-refractivity contribution < 1.29 is 4.79 Å². The number of carbonyl (C=O) groups excluding carboxylic acids is 1. The minimum Gasteiger partial charge on any atom is -0.335 e. The highest BCUT2D eigenvalue weighted by atomic mass is 35.5. The molecule has 4 rings (SSSR count). The second-order valence-corrected chi connectivity index (χ2v) is 6.83. The fourth-order valence-corrected chi connectivity index (χ4v) is 3.48. The van der Waals surface area contributed by atoms with E-state index in [-0.39, 0.29) is 6.03 Å². The maximum atomic E-state index is 11.7. The van der Waals surface area contributed by atoms with Crippen molar-refractivity contribution in [3.63, 3.8) is 0 Å². The molecule has 0 saturated carbocycles. The van der Waals surface area contributed by atoms with Crippen LogP contribution in [0.3, 0.4) is 0 Å². The monoisotopic (exact) mass is 386 g/mol. The molecule has 2 amide bonds. The summed E-state index contributed by atoms with van der Waals surface area (Å²) in [5.41, 5.74) is 2.91. The summed E-state index contributed by atoms with van der Waals surface area (Å²) in [6.45, 7) is 1.77. The first kappa shape index (κ1) is 16.9. The van der Waals surface area contributed by atoms with Gasteiger partial charge < -0.3 is 9.88 Å². The summed E-state index contributed by atoms with van der Waals surface area (Å²) >= 11 is 12.7. The number of urea groups is 1. The van der Waals surface area contributed by atoms with Gasteiger partial charge in [-0.1, -0.05) is 53.5 Å². The molecule has 5 nitrogen and oxygen atoms in total. The topological polar surface area (TPSA) is 49.6 Å². The Kier molecular flexibility index (Phi) is 4.57. The third kappa shape index (κ3) is 3.16. The van der Waals surface area contributed by atoms with E-state index in [2.05, 4.69) is 10.4 Å². The van der Waals surface area contributed by atoms with Gasteiger partial charge in [-0.05, 0) is 23.8 Å². The van der Waals surface area contributed by atoms with E-state index in [1.54, 1.807) is 6.21 Å². The highest BCUT2D eigenvalue weighted by Crippen LogP contribution is 2.30. The summed E-state index contributed by atoms with van der Waals surface area (Å²) in [6, 6.07) is 15.5. The van der Waals surface area contributed by atoms with Crippen LogP contribution in [0.1, 0.15) is 11.1 Å². The van der Waals surface area contributed by atoms with E-state index in [0.29, 0.717) is 29.8 Å². The van der Waals surface area contributed by atoms with Crippen LogP contribution >= 0.6 is 23.2 Å². The number of hydrogen-bond donors (Lipinski definition) is 1. The largest absolute Gasteiger partial charge is 0.337 e. The van der Waals surface area contributed by atoms with E-state index in [9.17, 15) is 4.79 Å². The van der Waals surface area contributed by atoms with E-state index >= 15 is 0 Å². The number of para-hydroxylation sites is 1. The summed E-state index contributed by atoms with van der Waals surface area (Å²) in [5.74, 6) is 0. The van der Waals surface area contributed by atoms with E-state index in [0.717, 1.165) is 22.0 Å². The maximum absolute atomic E-state index is 11.7. The molecule has 2 heterocycles. The molecule has 1 aliphatic rings. The number of nitrogens with one attached hydrogen (secondary N) is 1. The highest BCUT2D eigenvalue weighted by molar-refractivity contribution is 6.34. The first-order valence-electron chi connectivity index (χ1n) is 8.24. The molecule has 0 aliphatic carbocycles. The average Bonchev–Trinajstić information content (AvgIpc) is 3.17. The molecule has 1 N–H and O–H groups in total. The molecule has 0 radical (unpaired) electrons. The van der Waals surface area contributed by atoms with Crippen LogP contribution in [0.4, 0.5) is 4.79 Å². The number of aromatic nitrogens is 1. The number of benzene rings is 2. The van der Waals surface area contributed by atoms with Crippen LogP contribution in [-0.2, 0) is 6.54 Å². The SMILES string of the molecule is O=C1NCCN1/N=C/c1c(Cl)n(Cc2ccc(Cl)cc2)c2ccccc12. The lowest BCUT2D eigenvalue weighted by molar-refractivity contribution is 0.219. The predicted molar refractivity (Wildman–Crippen MR) is 105 cm³/mol. The molecule has 7 heteroatoms. The van der Waals surface area contributed by atoms with Gasteiger partial charge in [-0.2, -0.15) is 5.10 Å². The summed E-state index contributed by atoms with van der Waals surface area (Å²) in [6.07, 6.45) is 1.66. The Morgan fingerprint density at radius 2 is 1.88 bits per heavy atom. The number of fused-ring (bicyclic) bond motifs is 1. The molecule has 26 heavy (non-hydrogen) atoms. The lowest BCUT2D eigenvalue weighted by Gasteiger charge is -2.08. The van der Waals surface area contributed by atoms with Gasteiger partial charge in [0.05, 0.1) is 18.3 Å². The van der Waals surface area contributed by atoms with E-state index in [4.69, 9.17) is 23.2 Å². The highest BCUT2D eigenvalue weighted by Gasteiger charge is 2.19. The molecule has 2 aromatic carbocycles. The minimum atomic E-state index is -0.192. The fraction of sp³-hybridized carbons (Fsp3) is 0.158. The quantitative estimate of drug-likeness (QED) is 0.665. The minimum absolute atomic E-state index is 0.192. The van der Waals surface area contributed by atoms with Crippen molar-refractivity contribution in [2.75, 3.05) is 13.1 Å². The lowest BCUT2D eigenvalue weighted by Crippen LogP contribution is -2.23. The molecule has 3 aromatic rings. The van der Waals surface area contributed by atoms with Crippen molar-refractivity contribution in [1.29, 1.82) is 0 Å². The second-order valence-electron chi connectivity index (χ2n) is 6.03. The number of hydrazone groups is 1. The Labute approximate surface area is 160 Å². The van der Waals surface area contributed by atoms with Crippen molar-refractivity contribution in [3.05, 3.63) is 69.8 Å². The van der Waals surface area contributed by atoms with Crippen LogP contribution in [0.25, 0.3) is 10.9 Å². The van der Waals surface area contributed by atoms with Gasteiger partial charge >= 0.3 is 6.03 Å². The lowest BCUT2D eigenvalue weighted by atomic mass is 10.2. The van der Waals surface area contributed by atoms with Crippen LogP contribution in [0.5, 0.6) is 0 Å². The Hall–Kier alpha value is -2.50. The third-order valence-corrected chi connectivity index (χ3v) is 5.02. The molecule has 1 fully saturated rings. The Balaban J connectivity index is 1.74. The molecule has 0 bridgehead atoms. The zero-order chi connectivity index (χ0) is 18.1. The normalized spacial score (nSPS) is 14.5. The Morgan fingerprint density at radius 1 is 1.12 bits per heavy atom. The number of nitrogens with zero attached hydrogens (tertiary/aromatic N) is 3. The summed E-state index contributed by atoms with van der Waals surface area (Å²) < 4.78 is 2.03. The maximum Gasteiger partial charge on any atom is 0.337 e. The molecule has 0 unspecified atom stereocenters. The second kappa shape index (κ2) is 7.02. The number of carbonyl (C=O) groups is 1. The molecular formula is C19H16Cl2N4O. The Morgan fingerprint density at radius 3 is 2.62 bits per heavy atom. The molecule has 1 saturated heterocycles. The first-order chi connectivity index (χ1) is 12.6. The van der Waals surface area contributed by atoms with Gasteiger partial charge in [0.15, 0.2) is 0 Å². The van der Waals surface area contributed by atoms with E-state index in [1.165, 1.54) is 5.01 Å². The average molecular weight is 387 g/mol. The molecule has 1 aliphatic heterocycles. The zero-order valence-corrected chi connectivity index (χ0v) is 15.3. The van der Waals surface area contributed by atoms with Crippen LogP contribution in [0, 0.1) is 0 Å². The van der Waals surface area contributed by atoms with Crippen LogP contribution in [-0.4, -0.2) is 34.9 Å². The van der Waals surface area contributed by atoms with Gasteiger partial charge in [0.2, 0.25) is 0 Å². The van der Waals surface area contributed by atoms with Crippen molar-refractivity contribution in [1.82, 2.24) is 14.9 Å². The Bertz CT molecular complexity index is 995. The number of hydrogen-bond acceptors (Lipinski definition) is 2. The van der Waals surface area contributed by atoms with Crippen LogP contribution in [0.15, 0.2) is 53.6 Å². The predicted octanol–water partition coefficient (Wildman–Crippen LogP) is 4.36. The molecule has 0 spiro atoms. The van der Waals surface area contributed by atoms with Crippen molar-refractivity contribution >= 4 is 46.4 Å². The number of rotatable bonds is 4. The fourth-order valence-electron chi connectivity index (χ4n) is 3.05. The van der Waals surface area contributed by atoms with E-state index in [1.807, 2.05) is 53.1 Å². The summed E-state index contributed by atoms with van der Waals surface area (Å²) in [7, 11) is 0.